The summed E-state index contributed by atoms with van der Waals surface area (Å²) in [6.45, 7) is 7.32. The SMILES string of the molecule is C=C(C)C(=O)OCCCC(F)(F)CCCOc1ccc2cc(-c3ccc(CC)cc3)sc2c1. The zero-order chi connectivity index (χ0) is 23.8. The van der Waals surface area contributed by atoms with E-state index in [1.165, 1.54) is 22.9 Å². The van der Waals surface area contributed by atoms with E-state index in [2.05, 4.69) is 43.8 Å². The molecule has 0 aliphatic carbocycles. The molecule has 3 aromatic rings. The molecule has 0 N–H and O–H groups in total. The Morgan fingerprint density at radius 3 is 2.39 bits per heavy atom. The third-order valence-corrected chi connectivity index (χ3v) is 6.51. The Morgan fingerprint density at radius 2 is 1.73 bits per heavy atom. The third-order valence-electron chi connectivity index (χ3n) is 5.36. The van der Waals surface area contributed by atoms with Crippen LogP contribution in [0.2, 0.25) is 0 Å². The second-order valence-electron chi connectivity index (χ2n) is 8.19. The van der Waals surface area contributed by atoms with E-state index in [0.29, 0.717) is 5.75 Å². The monoisotopic (exact) mass is 472 g/mol. The summed E-state index contributed by atoms with van der Waals surface area (Å²) in [5.74, 6) is -2.66. The molecule has 3 rings (SSSR count). The van der Waals surface area contributed by atoms with E-state index in [1.54, 1.807) is 11.3 Å². The van der Waals surface area contributed by atoms with E-state index in [-0.39, 0.29) is 44.5 Å². The van der Waals surface area contributed by atoms with Crippen molar-refractivity contribution in [1.82, 2.24) is 0 Å². The van der Waals surface area contributed by atoms with E-state index in [9.17, 15) is 13.6 Å². The van der Waals surface area contributed by atoms with Gasteiger partial charge in [0.15, 0.2) is 0 Å². The summed E-state index contributed by atoms with van der Waals surface area (Å²) in [5.41, 5.74) is 2.77. The van der Waals surface area contributed by atoms with E-state index in [1.807, 2.05) is 18.2 Å². The zero-order valence-electron chi connectivity index (χ0n) is 19.2. The number of thiophene rings is 1. The molecule has 0 radical (unpaired) electrons. The third kappa shape index (κ3) is 7.39. The van der Waals surface area contributed by atoms with Crippen molar-refractivity contribution in [3.63, 3.8) is 0 Å². The Balaban J connectivity index is 1.46. The van der Waals surface area contributed by atoms with E-state index in [0.717, 1.165) is 16.5 Å². The molecule has 0 atom stereocenters. The highest BCUT2D eigenvalue weighted by Crippen LogP contribution is 2.35. The van der Waals surface area contributed by atoms with Crippen molar-refractivity contribution in [2.45, 2.75) is 51.9 Å². The summed E-state index contributed by atoms with van der Waals surface area (Å²) in [6.07, 6.45) is 0.798. The highest BCUT2D eigenvalue weighted by molar-refractivity contribution is 7.22. The smallest absolute Gasteiger partial charge is 0.333 e. The molecule has 0 aliphatic rings. The topological polar surface area (TPSA) is 35.5 Å². The van der Waals surface area contributed by atoms with Crippen molar-refractivity contribution in [3.8, 4) is 16.2 Å². The molecule has 0 aliphatic heterocycles. The predicted molar refractivity (Wildman–Crippen MR) is 131 cm³/mol. The minimum Gasteiger partial charge on any atom is -0.494 e. The fourth-order valence-electron chi connectivity index (χ4n) is 3.41. The summed E-state index contributed by atoms with van der Waals surface area (Å²) in [7, 11) is 0. The molecule has 0 amide bonds. The van der Waals surface area contributed by atoms with Gasteiger partial charge in [0.1, 0.15) is 5.75 Å². The Bertz CT molecular complexity index is 1090. The number of hydrogen-bond donors (Lipinski definition) is 0. The van der Waals surface area contributed by atoms with Gasteiger partial charge in [-0.15, -0.1) is 11.3 Å². The molecule has 0 bridgehead atoms. The number of alkyl halides is 2. The second-order valence-corrected chi connectivity index (χ2v) is 9.27. The molecule has 6 heteroatoms. The summed E-state index contributed by atoms with van der Waals surface area (Å²) in [5, 5.41) is 1.14. The van der Waals surface area contributed by atoms with Crippen molar-refractivity contribution < 1.29 is 23.0 Å². The number of rotatable bonds is 12. The van der Waals surface area contributed by atoms with E-state index in [4.69, 9.17) is 9.47 Å². The van der Waals surface area contributed by atoms with E-state index < -0.39 is 11.9 Å². The van der Waals surface area contributed by atoms with Crippen LogP contribution < -0.4 is 4.74 Å². The van der Waals surface area contributed by atoms with Gasteiger partial charge < -0.3 is 9.47 Å². The van der Waals surface area contributed by atoms with Gasteiger partial charge in [-0.25, -0.2) is 13.6 Å². The first kappa shape index (κ1) is 24.9. The van der Waals surface area contributed by atoms with Gasteiger partial charge in [0, 0.05) is 28.0 Å². The van der Waals surface area contributed by atoms with Gasteiger partial charge >= 0.3 is 5.97 Å². The van der Waals surface area contributed by atoms with Gasteiger partial charge in [-0.3, -0.25) is 0 Å². The molecule has 1 heterocycles. The Morgan fingerprint density at radius 1 is 1.03 bits per heavy atom. The number of fused-ring (bicyclic) bond motifs is 1. The quantitative estimate of drug-likeness (QED) is 0.153. The first-order chi connectivity index (χ1) is 15.8. The van der Waals surface area contributed by atoms with Crippen LogP contribution in [0.4, 0.5) is 8.78 Å². The van der Waals surface area contributed by atoms with Crippen LogP contribution in [0.1, 0.15) is 45.1 Å². The number of carbonyl (C=O) groups excluding carboxylic acids is 1. The number of benzene rings is 2. The summed E-state index contributed by atoms with van der Waals surface area (Å²) in [6, 6.07) is 16.6. The van der Waals surface area contributed by atoms with Crippen molar-refractivity contribution in [3.05, 3.63) is 66.2 Å². The highest BCUT2D eigenvalue weighted by atomic mass is 32.1. The van der Waals surface area contributed by atoms with Crippen LogP contribution in [0.5, 0.6) is 5.75 Å². The minimum absolute atomic E-state index is 0.0245. The van der Waals surface area contributed by atoms with Crippen molar-refractivity contribution in [1.29, 1.82) is 0 Å². The molecule has 2 aromatic carbocycles. The molecule has 3 nitrogen and oxygen atoms in total. The Kier molecular flexibility index (Phi) is 8.61. The summed E-state index contributed by atoms with van der Waals surface area (Å²) < 4.78 is 39.8. The second kappa shape index (κ2) is 11.4. The average molecular weight is 473 g/mol. The number of ether oxygens (including phenoxy) is 2. The van der Waals surface area contributed by atoms with Crippen LogP contribution in [0.15, 0.2) is 60.7 Å². The maximum atomic E-state index is 14.0. The van der Waals surface area contributed by atoms with Crippen LogP contribution in [-0.2, 0) is 16.0 Å². The zero-order valence-corrected chi connectivity index (χ0v) is 20.0. The molecule has 1 aromatic heterocycles. The van der Waals surface area contributed by atoms with Crippen molar-refractivity contribution in [2.24, 2.45) is 0 Å². The molecule has 0 saturated heterocycles. The number of esters is 1. The number of hydrogen-bond acceptors (Lipinski definition) is 4. The van der Waals surface area contributed by atoms with Gasteiger partial charge in [-0.05, 0) is 67.0 Å². The first-order valence-corrected chi connectivity index (χ1v) is 12.1. The standard InChI is InChI=1S/C27H30F2O3S/c1-4-20-7-9-21(10-8-20)24-17-22-11-12-23(18-25(22)33-24)31-15-5-13-27(28,29)14-6-16-32-26(30)19(2)3/h7-12,17-18H,2,4-6,13-16H2,1,3H3. The largest absolute Gasteiger partial charge is 0.494 e. The molecule has 176 valence electrons. The lowest BCUT2D eigenvalue weighted by Crippen LogP contribution is -2.18. The lowest BCUT2D eigenvalue weighted by molar-refractivity contribution is -0.139. The van der Waals surface area contributed by atoms with Gasteiger partial charge in [0.05, 0.1) is 13.2 Å². The fraction of sp³-hybridized carbons (Fsp3) is 0.370. The summed E-state index contributed by atoms with van der Waals surface area (Å²) in [4.78, 5) is 12.5. The maximum absolute atomic E-state index is 14.0. The lowest BCUT2D eigenvalue weighted by Gasteiger charge is -2.16. The van der Waals surface area contributed by atoms with Gasteiger partial charge in [-0.2, -0.15) is 0 Å². The van der Waals surface area contributed by atoms with Gasteiger partial charge in [0.25, 0.3) is 0 Å². The van der Waals surface area contributed by atoms with Crippen LogP contribution >= 0.6 is 11.3 Å². The minimum atomic E-state index is -2.81. The van der Waals surface area contributed by atoms with Gasteiger partial charge in [0.2, 0.25) is 5.92 Å². The van der Waals surface area contributed by atoms with Crippen LogP contribution in [0.25, 0.3) is 20.5 Å². The maximum Gasteiger partial charge on any atom is 0.333 e. The average Bonchev–Trinajstić information content (AvgIpc) is 3.23. The normalized spacial score (nSPS) is 11.5. The highest BCUT2D eigenvalue weighted by Gasteiger charge is 2.27. The molecular formula is C27H30F2O3S. The Hall–Kier alpha value is -2.73. The Labute approximate surface area is 198 Å². The van der Waals surface area contributed by atoms with Crippen LogP contribution in [-0.4, -0.2) is 25.1 Å². The van der Waals surface area contributed by atoms with Crippen LogP contribution in [0, 0.1) is 0 Å². The van der Waals surface area contributed by atoms with Crippen LogP contribution in [0.3, 0.4) is 0 Å². The molecular weight excluding hydrogens is 442 g/mol. The fourth-order valence-corrected chi connectivity index (χ4v) is 4.51. The predicted octanol–water partition coefficient (Wildman–Crippen LogP) is 7.82. The van der Waals surface area contributed by atoms with E-state index >= 15 is 0 Å². The van der Waals surface area contributed by atoms with Crippen molar-refractivity contribution in [2.75, 3.05) is 13.2 Å². The first-order valence-electron chi connectivity index (χ1n) is 11.2. The molecule has 33 heavy (non-hydrogen) atoms. The van der Waals surface area contributed by atoms with Gasteiger partial charge in [-0.1, -0.05) is 37.8 Å². The number of aryl methyl sites for hydroxylation is 1. The lowest BCUT2D eigenvalue weighted by atomic mass is 10.1. The molecule has 0 spiro atoms. The number of carbonyl (C=O) groups is 1. The molecule has 0 unspecified atom stereocenters. The number of halogens is 2. The molecule has 0 saturated carbocycles. The summed E-state index contributed by atoms with van der Waals surface area (Å²) >= 11 is 1.70. The molecule has 0 fully saturated rings. The van der Waals surface area contributed by atoms with Crippen molar-refractivity contribution >= 4 is 27.4 Å².